The zero-order valence-corrected chi connectivity index (χ0v) is 17.2. The summed E-state index contributed by atoms with van der Waals surface area (Å²) >= 11 is 0. The van der Waals surface area contributed by atoms with Crippen molar-refractivity contribution in [3.05, 3.63) is 78.5 Å². The Hall–Kier alpha value is -4.14. The first kappa shape index (κ1) is 21.1. The van der Waals surface area contributed by atoms with Gasteiger partial charge in [-0.15, -0.1) is 0 Å². The Labute approximate surface area is 183 Å². The molecule has 0 bridgehead atoms. The lowest BCUT2D eigenvalue weighted by atomic mass is 10.1. The van der Waals surface area contributed by atoms with Gasteiger partial charge in [-0.05, 0) is 60.7 Å². The highest BCUT2D eigenvalue weighted by Gasteiger charge is 2.47. The van der Waals surface area contributed by atoms with E-state index in [2.05, 4.69) is 5.32 Å². The fourth-order valence-electron chi connectivity index (χ4n) is 3.47. The highest BCUT2D eigenvalue weighted by molar-refractivity contribution is 6.22. The lowest BCUT2D eigenvalue weighted by Crippen LogP contribution is -2.37. The molecule has 0 radical (unpaired) electrons. The maximum atomic E-state index is 13.3. The number of urea groups is 1. The van der Waals surface area contributed by atoms with E-state index in [1.54, 1.807) is 36.4 Å². The number of furan rings is 1. The van der Waals surface area contributed by atoms with E-state index in [1.165, 1.54) is 30.4 Å². The number of benzene rings is 2. The van der Waals surface area contributed by atoms with Crippen LogP contribution in [0.3, 0.4) is 0 Å². The van der Waals surface area contributed by atoms with E-state index in [1.807, 2.05) is 0 Å². The Morgan fingerprint density at radius 3 is 2.44 bits per heavy atom. The van der Waals surface area contributed by atoms with Crippen molar-refractivity contribution in [3.8, 4) is 5.75 Å². The summed E-state index contributed by atoms with van der Waals surface area (Å²) in [6.45, 7) is 0.00967. The number of methoxy groups -OCH3 is 1. The highest BCUT2D eigenvalue weighted by Crippen LogP contribution is 2.29. The molecule has 1 fully saturated rings. The maximum Gasteiger partial charge on any atom is 0.332 e. The molecule has 1 atom stereocenters. The van der Waals surface area contributed by atoms with Crippen molar-refractivity contribution in [3.63, 3.8) is 0 Å². The first-order valence-electron chi connectivity index (χ1n) is 9.82. The molecule has 1 aliphatic heterocycles. The molecule has 1 aromatic heterocycles. The molecule has 0 saturated carbocycles. The summed E-state index contributed by atoms with van der Waals surface area (Å²) in [6, 6.07) is 13.4. The van der Waals surface area contributed by atoms with E-state index in [-0.39, 0.29) is 18.7 Å². The third-order valence-corrected chi connectivity index (χ3v) is 5.06. The molecule has 4 amide bonds. The molecule has 2 heterocycles. The number of ether oxygens (including phenoxy) is 1. The van der Waals surface area contributed by atoms with Gasteiger partial charge in [-0.3, -0.25) is 9.59 Å². The molecule has 9 heteroatoms. The average molecular weight is 437 g/mol. The first-order valence-corrected chi connectivity index (χ1v) is 9.82. The second-order valence-electron chi connectivity index (χ2n) is 7.14. The molecule has 4 rings (SSSR count). The summed E-state index contributed by atoms with van der Waals surface area (Å²) in [6.07, 6.45) is 1.20. The molecule has 1 aliphatic rings. The van der Waals surface area contributed by atoms with E-state index in [0.717, 1.165) is 17.0 Å². The van der Waals surface area contributed by atoms with Crippen molar-refractivity contribution >= 4 is 29.2 Å². The van der Waals surface area contributed by atoms with E-state index >= 15 is 0 Å². The fraction of sp³-hybridized carbons (Fsp3) is 0.174. The Bertz CT molecular complexity index is 1110. The predicted octanol–water partition coefficient (Wildman–Crippen LogP) is 3.79. The third-order valence-electron chi connectivity index (χ3n) is 5.06. The van der Waals surface area contributed by atoms with Gasteiger partial charge in [0.15, 0.2) is 0 Å². The number of carbonyl (C=O) groups is 3. The molecule has 0 spiro atoms. The largest absolute Gasteiger partial charge is 0.497 e. The number of anilines is 2. The Morgan fingerprint density at radius 2 is 1.81 bits per heavy atom. The first-order chi connectivity index (χ1) is 15.5. The summed E-state index contributed by atoms with van der Waals surface area (Å²) in [7, 11) is 1.54. The number of halogens is 1. The van der Waals surface area contributed by atoms with Crippen LogP contribution in [0.2, 0.25) is 0 Å². The van der Waals surface area contributed by atoms with Crippen LogP contribution in [0.4, 0.5) is 20.6 Å². The highest BCUT2D eigenvalue weighted by atomic mass is 19.1. The van der Waals surface area contributed by atoms with Crippen LogP contribution in [0, 0.1) is 5.82 Å². The van der Waals surface area contributed by atoms with Gasteiger partial charge in [0.1, 0.15) is 23.4 Å². The molecule has 8 nitrogen and oxygen atoms in total. The monoisotopic (exact) mass is 437 g/mol. The third kappa shape index (κ3) is 4.31. The van der Waals surface area contributed by atoms with Crippen LogP contribution in [0.5, 0.6) is 5.75 Å². The molecule has 0 aliphatic carbocycles. The minimum absolute atomic E-state index is 0.00967. The summed E-state index contributed by atoms with van der Waals surface area (Å²) in [5.74, 6) is -0.396. The molecule has 2 aromatic carbocycles. The quantitative estimate of drug-likeness (QED) is 0.568. The SMILES string of the molecule is COc1ccc(NC(=O)C[C@H]2C(=O)N(c3ccc(F)cc3)C(=O)N2Cc2ccco2)cc1. The van der Waals surface area contributed by atoms with Crippen molar-refractivity contribution in [2.75, 3.05) is 17.3 Å². The van der Waals surface area contributed by atoms with Crippen molar-refractivity contribution in [2.24, 2.45) is 0 Å². The molecule has 164 valence electrons. The van der Waals surface area contributed by atoms with Crippen LogP contribution in [0.25, 0.3) is 0 Å². The lowest BCUT2D eigenvalue weighted by Gasteiger charge is -2.20. The van der Waals surface area contributed by atoms with Gasteiger partial charge in [-0.2, -0.15) is 0 Å². The van der Waals surface area contributed by atoms with E-state index in [9.17, 15) is 18.8 Å². The number of nitrogens with zero attached hydrogens (tertiary/aromatic N) is 2. The van der Waals surface area contributed by atoms with Crippen molar-refractivity contribution in [1.29, 1.82) is 0 Å². The number of rotatable bonds is 7. The Morgan fingerprint density at radius 1 is 1.09 bits per heavy atom. The topological polar surface area (TPSA) is 92.1 Å². The minimum Gasteiger partial charge on any atom is -0.497 e. The second kappa shape index (κ2) is 8.93. The van der Waals surface area contributed by atoms with E-state index in [4.69, 9.17) is 9.15 Å². The molecular formula is C23H20FN3O5. The van der Waals surface area contributed by atoms with Gasteiger partial charge in [0, 0.05) is 5.69 Å². The zero-order valence-electron chi connectivity index (χ0n) is 17.2. The van der Waals surface area contributed by atoms with Crippen LogP contribution in [0.15, 0.2) is 71.3 Å². The van der Waals surface area contributed by atoms with Gasteiger partial charge >= 0.3 is 6.03 Å². The van der Waals surface area contributed by atoms with Gasteiger partial charge in [0.25, 0.3) is 5.91 Å². The number of carbonyl (C=O) groups excluding carboxylic acids is 3. The van der Waals surface area contributed by atoms with Crippen molar-refractivity contribution < 1.29 is 27.9 Å². The summed E-state index contributed by atoms with van der Waals surface area (Å²) in [4.78, 5) is 41.2. The van der Waals surface area contributed by atoms with Crippen LogP contribution in [-0.2, 0) is 16.1 Å². The lowest BCUT2D eigenvalue weighted by molar-refractivity contribution is -0.124. The van der Waals surface area contributed by atoms with Crippen LogP contribution < -0.4 is 15.0 Å². The van der Waals surface area contributed by atoms with Crippen LogP contribution in [0.1, 0.15) is 12.2 Å². The minimum atomic E-state index is -1.05. The van der Waals surface area contributed by atoms with Crippen LogP contribution in [-0.4, -0.2) is 35.9 Å². The predicted molar refractivity (Wildman–Crippen MR) is 114 cm³/mol. The fourth-order valence-corrected chi connectivity index (χ4v) is 3.47. The van der Waals surface area contributed by atoms with Gasteiger partial charge in [-0.1, -0.05) is 0 Å². The zero-order chi connectivity index (χ0) is 22.7. The Balaban J connectivity index is 1.56. The molecule has 3 aromatic rings. The number of hydrogen-bond donors (Lipinski definition) is 1. The second-order valence-corrected chi connectivity index (χ2v) is 7.14. The van der Waals surface area contributed by atoms with Gasteiger partial charge in [0.05, 0.1) is 32.0 Å². The van der Waals surface area contributed by atoms with Gasteiger partial charge in [0.2, 0.25) is 5.91 Å². The maximum absolute atomic E-state index is 13.3. The average Bonchev–Trinajstić information content (AvgIpc) is 3.38. The molecule has 32 heavy (non-hydrogen) atoms. The smallest absolute Gasteiger partial charge is 0.332 e. The van der Waals surface area contributed by atoms with Gasteiger partial charge < -0.3 is 19.4 Å². The van der Waals surface area contributed by atoms with Crippen LogP contribution >= 0.6 is 0 Å². The number of amides is 4. The van der Waals surface area contributed by atoms with Crippen molar-refractivity contribution in [2.45, 2.75) is 19.0 Å². The van der Waals surface area contributed by atoms with Gasteiger partial charge in [-0.25, -0.2) is 14.1 Å². The number of nitrogens with one attached hydrogen (secondary N) is 1. The molecular weight excluding hydrogens is 417 g/mol. The normalized spacial score (nSPS) is 15.9. The van der Waals surface area contributed by atoms with E-state index in [0.29, 0.717) is 17.2 Å². The number of imide groups is 1. The molecule has 0 unspecified atom stereocenters. The molecule has 1 saturated heterocycles. The number of hydrogen-bond acceptors (Lipinski definition) is 5. The molecule has 1 N–H and O–H groups in total. The standard InChI is InChI=1S/C23H20FN3O5/c1-31-18-10-6-16(7-11-18)25-21(28)13-20-22(29)27(17-8-4-15(24)5-9-17)23(30)26(20)14-19-3-2-12-32-19/h2-12,20H,13-14H2,1H3,(H,25,28)/t20-/m0/s1. The van der Waals surface area contributed by atoms with Crippen molar-refractivity contribution in [1.82, 2.24) is 4.90 Å². The van der Waals surface area contributed by atoms with E-state index < -0.39 is 29.7 Å². The summed E-state index contributed by atoms with van der Waals surface area (Å²) in [5, 5.41) is 2.72. The summed E-state index contributed by atoms with van der Waals surface area (Å²) < 4.78 is 23.7. The summed E-state index contributed by atoms with van der Waals surface area (Å²) in [5.41, 5.74) is 0.754. The Kier molecular flexibility index (Phi) is 5.89.